The fraction of sp³-hybridized carbons (Fsp3) is 0.273. The number of esters is 1. The zero-order chi connectivity index (χ0) is 11.5. The molecule has 0 radical (unpaired) electrons. The van der Waals surface area contributed by atoms with Crippen LogP contribution in [0.25, 0.3) is 0 Å². The van der Waals surface area contributed by atoms with E-state index in [9.17, 15) is 9.59 Å². The quantitative estimate of drug-likeness (QED) is 0.731. The molecule has 1 amide bonds. The Morgan fingerprint density at radius 2 is 2.31 bits per heavy atom. The number of ether oxygens (including phenoxy) is 1. The minimum atomic E-state index is -0.388. The summed E-state index contributed by atoms with van der Waals surface area (Å²) in [6, 6.07) is 6.91. The largest absolute Gasteiger partial charge is 0.465 e. The van der Waals surface area contributed by atoms with Crippen molar-refractivity contribution in [2.24, 2.45) is 0 Å². The summed E-state index contributed by atoms with van der Waals surface area (Å²) in [5, 5.41) is 0. The summed E-state index contributed by atoms with van der Waals surface area (Å²) in [5.74, 6) is 0.833. The number of benzene rings is 1. The van der Waals surface area contributed by atoms with E-state index in [0.29, 0.717) is 17.2 Å². The second-order valence-corrected chi connectivity index (χ2v) is 4.30. The van der Waals surface area contributed by atoms with Crippen LogP contribution in [0.4, 0.5) is 5.69 Å². The predicted octanol–water partition coefficient (Wildman–Crippen LogP) is 1.51. The molecule has 1 aromatic rings. The Morgan fingerprint density at radius 1 is 1.50 bits per heavy atom. The van der Waals surface area contributed by atoms with Crippen molar-refractivity contribution in [3.8, 4) is 0 Å². The van der Waals surface area contributed by atoms with Gasteiger partial charge in [-0.15, -0.1) is 11.8 Å². The summed E-state index contributed by atoms with van der Waals surface area (Å²) in [7, 11) is 1.34. The molecule has 1 heterocycles. The molecule has 1 saturated heterocycles. The highest BCUT2D eigenvalue weighted by atomic mass is 32.2. The molecule has 1 aliphatic heterocycles. The summed E-state index contributed by atoms with van der Waals surface area (Å²) in [6.45, 7) is 0. The van der Waals surface area contributed by atoms with E-state index in [1.807, 2.05) is 6.07 Å². The van der Waals surface area contributed by atoms with Gasteiger partial charge in [-0.2, -0.15) is 0 Å². The lowest BCUT2D eigenvalue weighted by atomic mass is 10.2. The Bertz CT molecular complexity index is 433. The maximum atomic E-state index is 11.5. The van der Waals surface area contributed by atoms with E-state index in [-0.39, 0.29) is 11.9 Å². The Balaban J connectivity index is 2.28. The molecule has 0 unspecified atom stereocenters. The van der Waals surface area contributed by atoms with Gasteiger partial charge in [0, 0.05) is 5.69 Å². The molecular formula is C11H11NO3S. The van der Waals surface area contributed by atoms with Gasteiger partial charge in [0.05, 0.1) is 24.3 Å². The zero-order valence-corrected chi connectivity index (χ0v) is 9.62. The number of anilines is 1. The normalized spacial score (nSPS) is 15.3. The lowest BCUT2D eigenvalue weighted by molar-refractivity contribution is -0.115. The van der Waals surface area contributed by atoms with Crippen molar-refractivity contribution in [3.63, 3.8) is 0 Å². The number of thioether (sulfide) groups is 1. The van der Waals surface area contributed by atoms with Gasteiger partial charge in [0.2, 0.25) is 5.91 Å². The fourth-order valence-electron chi connectivity index (χ4n) is 1.51. The van der Waals surface area contributed by atoms with Gasteiger partial charge in [0.15, 0.2) is 0 Å². The Kier molecular flexibility index (Phi) is 3.14. The molecule has 0 atom stereocenters. The van der Waals surface area contributed by atoms with Crippen LogP contribution >= 0.6 is 11.8 Å². The van der Waals surface area contributed by atoms with Gasteiger partial charge in [0.1, 0.15) is 0 Å². The third-order valence-corrected chi connectivity index (χ3v) is 3.22. The van der Waals surface area contributed by atoms with Crippen LogP contribution in [0, 0.1) is 0 Å². The molecule has 1 aromatic carbocycles. The van der Waals surface area contributed by atoms with Crippen molar-refractivity contribution in [2.45, 2.75) is 0 Å². The first-order valence-electron chi connectivity index (χ1n) is 4.79. The molecule has 84 valence electrons. The van der Waals surface area contributed by atoms with Crippen molar-refractivity contribution in [1.82, 2.24) is 0 Å². The Morgan fingerprint density at radius 3 is 2.94 bits per heavy atom. The summed E-state index contributed by atoms with van der Waals surface area (Å²) >= 11 is 1.57. The number of amides is 1. The first kappa shape index (κ1) is 11.0. The minimum absolute atomic E-state index is 0.0759. The van der Waals surface area contributed by atoms with E-state index in [1.54, 1.807) is 34.9 Å². The van der Waals surface area contributed by atoms with Crippen LogP contribution in [0.1, 0.15) is 10.4 Å². The van der Waals surface area contributed by atoms with Crippen molar-refractivity contribution >= 4 is 29.3 Å². The highest BCUT2D eigenvalue weighted by molar-refractivity contribution is 8.00. The molecule has 0 spiro atoms. The molecule has 1 aliphatic rings. The van der Waals surface area contributed by atoms with Crippen LogP contribution in [0.3, 0.4) is 0 Å². The number of carbonyl (C=O) groups is 2. The van der Waals surface area contributed by atoms with Gasteiger partial charge in [-0.3, -0.25) is 4.79 Å². The van der Waals surface area contributed by atoms with Crippen LogP contribution in [0.5, 0.6) is 0 Å². The number of hydrogen-bond donors (Lipinski definition) is 0. The minimum Gasteiger partial charge on any atom is -0.465 e. The van der Waals surface area contributed by atoms with Gasteiger partial charge in [-0.05, 0) is 18.2 Å². The van der Waals surface area contributed by atoms with Crippen LogP contribution in [0.2, 0.25) is 0 Å². The Hall–Kier alpha value is -1.49. The second kappa shape index (κ2) is 4.57. The molecule has 16 heavy (non-hydrogen) atoms. The van der Waals surface area contributed by atoms with E-state index in [2.05, 4.69) is 4.74 Å². The molecule has 0 bridgehead atoms. The smallest absolute Gasteiger partial charge is 0.337 e. The SMILES string of the molecule is COC(=O)c1cccc(N2CSCC2=O)c1. The topological polar surface area (TPSA) is 46.6 Å². The van der Waals surface area contributed by atoms with Gasteiger partial charge in [0.25, 0.3) is 0 Å². The third kappa shape index (κ3) is 2.04. The molecule has 0 N–H and O–H groups in total. The van der Waals surface area contributed by atoms with Crippen molar-refractivity contribution in [3.05, 3.63) is 29.8 Å². The lowest BCUT2D eigenvalue weighted by Gasteiger charge is -2.15. The number of rotatable bonds is 2. The van der Waals surface area contributed by atoms with Crippen molar-refractivity contribution in [2.75, 3.05) is 23.6 Å². The lowest BCUT2D eigenvalue weighted by Crippen LogP contribution is -2.25. The first-order chi connectivity index (χ1) is 7.72. The van der Waals surface area contributed by atoms with Gasteiger partial charge >= 0.3 is 5.97 Å². The number of carbonyl (C=O) groups excluding carboxylic acids is 2. The monoisotopic (exact) mass is 237 g/mol. The molecule has 0 saturated carbocycles. The first-order valence-corrected chi connectivity index (χ1v) is 5.94. The molecule has 5 heteroatoms. The van der Waals surface area contributed by atoms with E-state index in [1.165, 1.54) is 7.11 Å². The van der Waals surface area contributed by atoms with E-state index < -0.39 is 0 Å². The van der Waals surface area contributed by atoms with Gasteiger partial charge in [-0.1, -0.05) is 6.07 Å². The Labute approximate surface area is 97.6 Å². The highest BCUT2D eigenvalue weighted by Gasteiger charge is 2.22. The molecular weight excluding hydrogens is 226 g/mol. The number of hydrogen-bond acceptors (Lipinski definition) is 4. The highest BCUT2D eigenvalue weighted by Crippen LogP contribution is 2.24. The molecule has 4 nitrogen and oxygen atoms in total. The maximum absolute atomic E-state index is 11.5. The average molecular weight is 237 g/mol. The van der Waals surface area contributed by atoms with Crippen LogP contribution < -0.4 is 4.90 Å². The zero-order valence-electron chi connectivity index (χ0n) is 8.80. The fourth-order valence-corrected chi connectivity index (χ4v) is 2.41. The molecule has 2 rings (SSSR count). The number of methoxy groups -OCH3 is 1. The third-order valence-electron chi connectivity index (χ3n) is 2.33. The summed E-state index contributed by atoms with van der Waals surface area (Å²) in [5.41, 5.74) is 1.21. The van der Waals surface area contributed by atoms with Crippen molar-refractivity contribution < 1.29 is 14.3 Å². The predicted molar refractivity (Wildman–Crippen MR) is 62.6 cm³/mol. The maximum Gasteiger partial charge on any atom is 0.337 e. The van der Waals surface area contributed by atoms with Crippen LogP contribution in [-0.2, 0) is 9.53 Å². The average Bonchev–Trinajstić information content (AvgIpc) is 2.74. The van der Waals surface area contributed by atoms with Crippen LogP contribution in [-0.4, -0.2) is 30.6 Å². The molecule has 1 fully saturated rings. The van der Waals surface area contributed by atoms with Crippen molar-refractivity contribution in [1.29, 1.82) is 0 Å². The summed E-state index contributed by atoms with van der Waals surface area (Å²) in [6.07, 6.45) is 0. The van der Waals surface area contributed by atoms with Crippen LogP contribution in [0.15, 0.2) is 24.3 Å². The van der Waals surface area contributed by atoms with Gasteiger partial charge < -0.3 is 9.64 Å². The molecule has 0 aliphatic carbocycles. The molecule has 0 aromatic heterocycles. The summed E-state index contributed by atoms with van der Waals surface area (Å²) < 4.78 is 4.63. The number of nitrogens with zero attached hydrogens (tertiary/aromatic N) is 1. The van der Waals surface area contributed by atoms with Gasteiger partial charge in [-0.25, -0.2) is 4.79 Å². The summed E-state index contributed by atoms with van der Waals surface area (Å²) in [4.78, 5) is 24.5. The second-order valence-electron chi connectivity index (χ2n) is 3.34. The van der Waals surface area contributed by atoms with E-state index in [4.69, 9.17) is 0 Å². The van der Waals surface area contributed by atoms with E-state index >= 15 is 0 Å². The van der Waals surface area contributed by atoms with E-state index in [0.717, 1.165) is 5.69 Å². The standard InChI is InChI=1S/C11H11NO3S/c1-15-11(14)8-3-2-4-9(5-8)12-7-16-6-10(12)13/h2-5H,6-7H2,1H3.